The predicted molar refractivity (Wildman–Crippen MR) is 53.9 cm³/mol. The van der Waals surface area contributed by atoms with Crippen LogP contribution < -0.4 is 0 Å². The van der Waals surface area contributed by atoms with Gasteiger partial charge in [0.25, 0.3) is 5.79 Å². The van der Waals surface area contributed by atoms with Crippen molar-refractivity contribution in [2.75, 3.05) is 13.2 Å². The third-order valence-corrected chi connectivity index (χ3v) is 2.46. The number of hydrogen-bond acceptors (Lipinski definition) is 2. The molecule has 1 atom stereocenters. The maximum atomic E-state index is 5.86. The summed E-state index contributed by atoms with van der Waals surface area (Å²) < 4.78 is 10.7. The lowest BCUT2D eigenvalue weighted by molar-refractivity contribution is -0.219. The number of hydrogen-bond donors (Lipinski definition) is 0. The smallest absolute Gasteiger partial charge is 0.300 e. The molecule has 1 aliphatic heterocycles. The molecule has 0 saturated carbocycles. The zero-order valence-electron chi connectivity index (χ0n) is 8.32. The van der Waals surface area contributed by atoms with Crippen LogP contribution in [-0.4, -0.2) is 19.0 Å². The first-order valence-corrected chi connectivity index (χ1v) is 4.66. The van der Waals surface area contributed by atoms with E-state index in [0.29, 0.717) is 13.2 Å². The molecule has 2 heteroatoms. The Kier molecular flexibility index (Phi) is 3.58. The SMILES string of the molecule is [CH]C(CC)C1COC(C#C)(C#C)OC1. The van der Waals surface area contributed by atoms with E-state index in [9.17, 15) is 0 Å². The molecular weight excluding hydrogens is 176 g/mol. The number of terminal acetylenes is 2. The summed E-state index contributed by atoms with van der Waals surface area (Å²) in [5.41, 5.74) is 0. The molecule has 0 bridgehead atoms. The molecule has 0 aromatic heterocycles. The van der Waals surface area contributed by atoms with Crippen LogP contribution in [0.15, 0.2) is 0 Å². The molecule has 1 unspecified atom stereocenters. The van der Waals surface area contributed by atoms with Crippen LogP contribution in [0.5, 0.6) is 0 Å². The topological polar surface area (TPSA) is 18.5 Å². The van der Waals surface area contributed by atoms with Gasteiger partial charge in [-0.05, 0) is 24.7 Å². The molecule has 0 aliphatic carbocycles. The highest BCUT2D eigenvalue weighted by Crippen LogP contribution is 2.26. The Hall–Kier alpha value is -0.960. The van der Waals surface area contributed by atoms with Crippen LogP contribution in [0.1, 0.15) is 13.3 Å². The van der Waals surface area contributed by atoms with E-state index < -0.39 is 5.79 Å². The van der Waals surface area contributed by atoms with Crippen LogP contribution in [0.2, 0.25) is 0 Å². The Morgan fingerprint density at radius 1 is 1.36 bits per heavy atom. The van der Waals surface area contributed by atoms with Gasteiger partial charge in [0.1, 0.15) is 0 Å². The molecule has 0 N–H and O–H groups in total. The number of rotatable bonds is 2. The summed E-state index contributed by atoms with van der Waals surface area (Å²) in [4.78, 5) is 0. The first-order chi connectivity index (χ1) is 6.67. The van der Waals surface area contributed by atoms with E-state index in [1.807, 2.05) is 6.92 Å². The van der Waals surface area contributed by atoms with Crippen molar-refractivity contribution in [2.45, 2.75) is 19.1 Å². The summed E-state index contributed by atoms with van der Waals surface area (Å²) in [6.45, 7) is 8.80. The monoisotopic (exact) mass is 190 g/mol. The van der Waals surface area contributed by atoms with E-state index in [1.54, 1.807) is 0 Å². The van der Waals surface area contributed by atoms with E-state index in [1.165, 1.54) is 0 Å². The second-order valence-corrected chi connectivity index (χ2v) is 3.36. The maximum absolute atomic E-state index is 5.86. The first-order valence-electron chi connectivity index (χ1n) is 4.66. The van der Waals surface area contributed by atoms with Gasteiger partial charge in [0.15, 0.2) is 0 Å². The van der Waals surface area contributed by atoms with Crippen molar-refractivity contribution in [1.29, 1.82) is 0 Å². The molecule has 1 rings (SSSR count). The van der Waals surface area contributed by atoms with Gasteiger partial charge in [0, 0.05) is 5.92 Å². The first kappa shape index (κ1) is 11.1. The van der Waals surface area contributed by atoms with Crippen molar-refractivity contribution in [2.24, 2.45) is 11.8 Å². The molecule has 0 aromatic rings. The molecule has 0 aromatic carbocycles. The molecule has 14 heavy (non-hydrogen) atoms. The lowest BCUT2D eigenvalue weighted by Crippen LogP contribution is -2.43. The molecule has 1 aliphatic rings. The largest absolute Gasteiger partial charge is 0.329 e. The molecule has 1 fully saturated rings. The highest BCUT2D eigenvalue weighted by atomic mass is 16.7. The molecule has 0 amide bonds. The van der Waals surface area contributed by atoms with Crippen LogP contribution in [0.4, 0.5) is 0 Å². The van der Waals surface area contributed by atoms with Crippen molar-refractivity contribution in [3.8, 4) is 24.7 Å². The molecule has 0 spiro atoms. The maximum Gasteiger partial charge on any atom is 0.300 e. The van der Waals surface area contributed by atoms with Crippen molar-refractivity contribution < 1.29 is 9.47 Å². The standard InChI is InChI=1S/C12H14O2/c1-5-10(4)11-8-13-12(6-2,7-3)14-9-11/h2-4,10-11H,5,8-9H2,1H3. The van der Waals surface area contributed by atoms with Gasteiger partial charge in [0.05, 0.1) is 13.2 Å². The summed E-state index contributed by atoms with van der Waals surface area (Å²) in [5, 5.41) is 0. The Balaban J connectivity index is 2.55. The second-order valence-electron chi connectivity index (χ2n) is 3.36. The summed E-state index contributed by atoms with van der Waals surface area (Å²) >= 11 is 0. The normalized spacial score (nSPS) is 23.4. The lowest BCUT2D eigenvalue weighted by Gasteiger charge is -2.35. The van der Waals surface area contributed by atoms with Crippen molar-refractivity contribution in [3.05, 3.63) is 6.92 Å². The molecule has 74 valence electrons. The summed E-state index contributed by atoms with van der Waals surface area (Å²) in [5.74, 6) is 3.62. The molecule has 1 saturated heterocycles. The minimum Gasteiger partial charge on any atom is -0.329 e. The Bertz CT molecular complexity index is 245. The Morgan fingerprint density at radius 3 is 2.21 bits per heavy atom. The summed E-state index contributed by atoms with van der Waals surface area (Å²) in [6.07, 6.45) is 11.3. The van der Waals surface area contributed by atoms with E-state index in [4.69, 9.17) is 29.2 Å². The van der Waals surface area contributed by atoms with Crippen molar-refractivity contribution in [1.82, 2.24) is 0 Å². The van der Waals surface area contributed by atoms with Crippen LogP contribution in [-0.2, 0) is 9.47 Å². The van der Waals surface area contributed by atoms with Crippen LogP contribution in [0.25, 0.3) is 0 Å². The average molecular weight is 190 g/mol. The van der Waals surface area contributed by atoms with E-state index in [-0.39, 0.29) is 11.8 Å². The van der Waals surface area contributed by atoms with Gasteiger partial charge in [-0.15, -0.1) is 12.8 Å². The third kappa shape index (κ3) is 2.10. The highest BCUT2D eigenvalue weighted by molar-refractivity contribution is 5.20. The van der Waals surface area contributed by atoms with Crippen molar-refractivity contribution >= 4 is 0 Å². The van der Waals surface area contributed by atoms with E-state index in [2.05, 4.69) is 11.8 Å². The van der Waals surface area contributed by atoms with E-state index >= 15 is 0 Å². The van der Waals surface area contributed by atoms with Gasteiger partial charge in [-0.3, -0.25) is 0 Å². The van der Waals surface area contributed by atoms with Gasteiger partial charge in [0.2, 0.25) is 0 Å². The minimum atomic E-state index is -1.27. The second kappa shape index (κ2) is 4.51. The van der Waals surface area contributed by atoms with Crippen LogP contribution >= 0.6 is 0 Å². The van der Waals surface area contributed by atoms with Gasteiger partial charge in [-0.2, -0.15) is 0 Å². The average Bonchev–Trinajstić information content (AvgIpc) is 2.28. The summed E-state index contributed by atoms with van der Waals surface area (Å²) in [7, 11) is 0. The van der Waals surface area contributed by atoms with Gasteiger partial charge in [-0.25, -0.2) is 0 Å². The minimum absolute atomic E-state index is 0.0727. The van der Waals surface area contributed by atoms with Crippen LogP contribution in [0.3, 0.4) is 0 Å². The third-order valence-electron chi connectivity index (χ3n) is 2.46. The lowest BCUT2D eigenvalue weighted by atomic mass is 9.92. The van der Waals surface area contributed by atoms with Gasteiger partial charge in [-0.1, -0.05) is 13.3 Å². The molecular formula is C12H14O2. The van der Waals surface area contributed by atoms with Crippen molar-refractivity contribution in [3.63, 3.8) is 0 Å². The summed E-state index contributed by atoms with van der Waals surface area (Å²) in [6, 6.07) is 0. The molecule has 1 heterocycles. The predicted octanol–water partition coefficient (Wildman–Crippen LogP) is 1.35. The van der Waals surface area contributed by atoms with Gasteiger partial charge >= 0.3 is 0 Å². The fourth-order valence-corrected chi connectivity index (χ4v) is 1.33. The van der Waals surface area contributed by atoms with Crippen LogP contribution in [0, 0.1) is 43.4 Å². The Labute approximate surface area is 86.0 Å². The fraction of sp³-hybridized carbons (Fsp3) is 0.583. The van der Waals surface area contributed by atoms with Gasteiger partial charge < -0.3 is 9.47 Å². The zero-order valence-corrected chi connectivity index (χ0v) is 8.32. The quantitative estimate of drug-likeness (QED) is 0.612. The fourth-order valence-electron chi connectivity index (χ4n) is 1.33. The number of ether oxygens (including phenoxy) is 2. The highest BCUT2D eigenvalue weighted by Gasteiger charge is 2.35. The zero-order chi connectivity index (χ0) is 10.6. The molecule has 2 radical (unpaired) electrons. The Morgan fingerprint density at radius 2 is 1.86 bits per heavy atom. The van der Waals surface area contributed by atoms with E-state index in [0.717, 1.165) is 6.42 Å². The molecule has 2 nitrogen and oxygen atoms in total.